The molecule has 2 aliphatic rings. The number of para-hydroxylation sites is 1. The van der Waals surface area contributed by atoms with E-state index in [1.165, 1.54) is 35.3 Å². The number of likely N-dealkylation sites (tertiary alicyclic amines) is 1. The number of aromatic nitrogens is 1. The summed E-state index contributed by atoms with van der Waals surface area (Å²) in [4.78, 5) is 21.8. The zero-order valence-electron chi connectivity index (χ0n) is 21.7. The van der Waals surface area contributed by atoms with Crippen LogP contribution in [-0.2, 0) is 13.0 Å². The first kappa shape index (κ1) is 25.7. The fourth-order valence-electron chi connectivity index (χ4n) is 5.78. The second-order valence-electron chi connectivity index (χ2n) is 10.4. The Bertz CT molecular complexity index is 1140. The van der Waals surface area contributed by atoms with Crippen molar-refractivity contribution in [2.45, 2.75) is 45.1 Å². The number of ether oxygens (including phenoxy) is 2. The van der Waals surface area contributed by atoms with Gasteiger partial charge in [0.25, 0.3) is 5.91 Å². The summed E-state index contributed by atoms with van der Waals surface area (Å²) in [7, 11) is 1.70. The number of carbonyl (C=O) groups excluding carboxylic acids is 1. The molecule has 0 unspecified atom stereocenters. The van der Waals surface area contributed by atoms with E-state index in [0.29, 0.717) is 12.3 Å². The molecule has 1 saturated heterocycles. The lowest BCUT2D eigenvalue weighted by atomic mass is 9.73. The lowest BCUT2D eigenvalue weighted by Crippen LogP contribution is -2.48. The first-order valence-corrected chi connectivity index (χ1v) is 14.3. The highest BCUT2D eigenvalue weighted by molar-refractivity contribution is 7.07. The average molecular weight is 520 g/mol. The zero-order valence-corrected chi connectivity index (χ0v) is 22.5. The van der Waals surface area contributed by atoms with Gasteiger partial charge in [-0.2, -0.15) is 0 Å². The van der Waals surface area contributed by atoms with Crippen LogP contribution in [-0.4, -0.2) is 60.6 Å². The summed E-state index contributed by atoms with van der Waals surface area (Å²) in [5, 5.41) is 1.86. The summed E-state index contributed by atoms with van der Waals surface area (Å²) in [6.45, 7) is 5.01. The molecule has 1 aromatic heterocycles. The summed E-state index contributed by atoms with van der Waals surface area (Å²) in [6.07, 6.45) is 6.63. The average Bonchev–Trinajstić information content (AvgIpc) is 3.47. The van der Waals surface area contributed by atoms with Crippen LogP contribution < -0.4 is 9.47 Å². The summed E-state index contributed by atoms with van der Waals surface area (Å²) < 4.78 is 11.7. The Morgan fingerprint density at radius 2 is 1.86 bits per heavy atom. The van der Waals surface area contributed by atoms with Gasteiger partial charge in [0.15, 0.2) is 0 Å². The van der Waals surface area contributed by atoms with Crippen molar-refractivity contribution in [3.63, 3.8) is 0 Å². The number of aryl methyl sites for hydroxylation is 1. The second kappa shape index (κ2) is 12.1. The zero-order chi connectivity index (χ0) is 25.5. The van der Waals surface area contributed by atoms with Crippen LogP contribution in [0.5, 0.6) is 11.5 Å². The predicted octanol–water partition coefficient (Wildman–Crippen LogP) is 5.68. The lowest BCUT2D eigenvalue weighted by Gasteiger charge is -2.45. The van der Waals surface area contributed by atoms with Crippen LogP contribution in [0.3, 0.4) is 0 Å². The Balaban J connectivity index is 1.33. The number of fused-ring (bicyclic) bond motifs is 1. The Morgan fingerprint density at radius 1 is 1.05 bits per heavy atom. The van der Waals surface area contributed by atoms with Gasteiger partial charge in [-0.05, 0) is 66.8 Å². The molecule has 5 rings (SSSR count). The third-order valence-electron chi connectivity index (χ3n) is 7.93. The van der Waals surface area contributed by atoms with Gasteiger partial charge >= 0.3 is 0 Å². The quantitative estimate of drug-likeness (QED) is 0.444. The maximum absolute atomic E-state index is 12.9. The van der Waals surface area contributed by atoms with Gasteiger partial charge in [0.1, 0.15) is 23.8 Å². The predicted molar refractivity (Wildman–Crippen MR) is 147 cm³/mol. The molecule has 1 spiro atoms. The van der Waals surface area contributed by atoms with Crippen LogP contribution in [0.1, 0.15) is 53.7 Å². The Labute approximate surface area is 224 Å². The van der Waals surface area contributed by atoms with Crippen molar-refractivity contribution in [3.8, 4) is 11.5 Å². The van der Waals surface area contributed by atoms with E-state index >= 15 is 0 Å². The monoisotopic (exact) mass is 519 g/mol. The minimum atomic E-state index is 0.0735. The van der Waals surface area contributed by atoms with Crippen molar-refractivity contribution in [2.75, 3.05) is 39.9 Å². The molecule has 1 amide bonds. The third kappa shape index (κ3) is 6.51. The van der Waals surface area contributed by atoms with Crippen LogP contribution in [0.4, 0.5) is 0 Å². The normalized spacial score (nSPS) is 18.8. The molecule has 0 bridgehead atoms. The molecule has 6 nitrogen and oxygen atoms in total. The molecular formula is C30H37N3O3S. The van der Waals surface area contributed by atoms with Crippen molar-refractivity contribution < 1.29 is 14.3 Å². The number of piperidine rings is 1. The molecule has 2 aliphatic heterocycles. The van der Waals surface area contributed by atoms with Gasteiger partial charge in [-0.1, -0.05) is 36.8 Å². The molecule has 37 heavy (non-hydrogen) atoms. The van der Waals surface area contributed by atoms with E-state index in [2.05, 4.69) is 46.3 Å². The van der Waals surface area contributed by atoms with Crippen molar-refractivity contribution >= 4 is 17.2 Å². The Morgan fingerprint density at radius 3 is 2.62 bits per heavy atom. The number of methoxy groups -OCH3 is 1. The number of hydrogen-bond acceptors (Lipinski definition) is 6. The Kier molecular flexibility index (Phi) is 8.41. The molecule has 2 aromatic carbocycles. The minimum absolute atomic E-state index is 0.0735. The summed E-state index contributed by atoms with van der Waals surface area (Å²) in [6, 6.07) is 16.9. The van der Waals surface area contributed by atoms with Crippen molar-refractivity contribution in [1.82, 2.24) is 14.8 Å². The number of amides is 1. The highest BCUT2D eigenvalue weighted by Gasteiger charge is 2.37. The number of thiazole rings is 1. The van der Waals surface area contributed by atoms with E-state index in [-0.39, 0.29) is 11.3 Å². The van der Waals surface area contributed by atoms with E-state index in [4.69, 9.17) is 9.47 Å². The number of benzene rings is 2. The van der Waals surface area contributed by atoms with E-state index < -0.39 is 0 Å². The van der Waals surface area contributed by atoms with Gasteiger partial charge in [0.2, 0.25) is 0 Å². The number of rotatable bonds is 4. The molecule has 3 aromatic rings. The summed E-state index contributed by atoms with van der Waals surface area (Å²) >= 11 is 1.48. The van der Waals surface area contributed by atoms with E-state index in [9.17, 15) is 4.79 Å². The van der Waals surface area contributed by atoms with Gasteiger partial charge < -0.3 is 14.4 Å². The third-order valence-corrected chi connectivity index (χ3v) is 8.51. The summed E-state index contributed by atoms with van der Waals surface area (Å²) in [5.74, 6) is 1.98. The van der Waals surface area contributed by atoms with E-state index in [0.717, 1.165) is 69.9 Å². The van der Waals surface area contributed by atoms with E-state index in [1.807, 2.05) is 22.4 Å². The number of nitrogens with zero attached hydrogens (tertiary/aromatic N) is 3. The van der Waals surface area contributed by atoms with Crippen LogP contribution in [0, 0.1) is 5.41 Å². The Hall–Kier alpha value is -2.90. The van der Waals surface area contributed by atoms with Gasteiger partial charge in [0.05, 0.1) is 12.6 Å². The molecule has 0 atom stereocenters. The molecular weight excluding hydrogens is 482 g/mol. The SMILES string of the molecule is COc1ccc(CN2CCOc3ccccc3CCCCC3(CCN(C(=O)c4cscn4)CC3)C2)cc1. The lowest BCUT2D eigenvalue weighted by molar-refractivity contribution is 0.0358. The van der Waals surface area contributed by atoms with Gasteiger partial charge in [-0.3, -0.25) is 9.69 Å². The number of carbonyl (C=O) groups is 1. The first-order valence-electron chi connectivity index (χ1n) is 13.4. The fourth-order valence-corrected chi connectivity index (χ4v) is 6.31. The second-order valence-corrected chi connectivity index (χ2v) is 11.1. The largest absolute Gasteiger partial charge is 0.497 e. The van der Waals surface area contributed by atoms with Crippen LogP contribution >= 0.6 is 11.3 Å². The van der Waals surface area contributed by atoms with Gasteiger partial charge in [0, 0.05) is 38.1 Å². The van der Waals surface area contributed by atoms with Gasteiger partial charge in [-0.15, -0.1) is 11.3 Å². The van der Waals surface area contributed by atoms with Crippen LogP contribution in [0.2, 0.25) is 0 Å². The standard InChI is InChI=1S/C30H37N3O3S/c1-35-26-11-9-24(10-12-26)20-32-18-19-36-28-8-3-2-6-25(28)7-4-5-13-30(22-32)14-16-33(17-15-30)29(34)27-21-37-23-31-27/h2-3,6,8-12,21,23H,4-5,7,13-20,22H2,1H3. The highest BCUT2D eigenvalue weighted by Crippen LogP contribution is 2.39. The fraction of sp³-hybridized carbons (Fsp3) is 0.467. The van der Waals surface area contributed by atoms with Crippen LogP contribution in [0.25, 0.3) is 0 Å². The first-order chi connectivity index (χ1) is 18.1. The van der Waals surface area contributed by atoms with Crippen molar-refractivity contribution in [3.05, 3.63) is 76.2 Å². The maximum Gasteiger partial charge on any atom is 0.273 e. The topological polar surface area (TPSA) is 54.9 Å². The number of hydrogen-bond donors (Lipinski definition) is 0. The molecule has 3 heterocycles. The van der Waals surface area contributed by atoms with Crippen molar-refractivity contribution in [2.24, 2.45) is 5.41 Å². The van der Waals surface area contributed by atoms with E-state index in [1.54, 1.807) is 12.6 Å². The molecule has 0 radical (unpaired) electrons. The smallest absolute Gasteiger partial charge is 0.273 e. The molecule has 196 valence electrons. The van der Waals surface area contributed by atoms with Crippen LogP contribution in [0.15, 0.2) is 59.4 Å². The van der Waals surface area contributed by atoms with Crippen molar-refractivity contribution in [1.29, 1.82) is 0 Å². The summed E-state index contributed by atoms with van der Waals surface area (Å²) in [5.41, 5.74) is 5.10. The molecule has 0 aliphatic carbocycles. The molecule has 7 heteroatoms. The minimum Gasteiger partial charge on any atom is -0.497 e. The molecule has 1 fully saturated rings. The van der Waals surface area contributed by atoms with Gasteiger partial charge in [-0.25, -0.2) is 4.98 Å². The highest BCUT2D eigenvalue weighted by atomic mass is 32.1. The molecule has 0 N–H and O–H groups in total. The maximum atomic E-state index is 12.9. The molecule has 0 saturated carbocycles.